The Kier molecular flexibility index (Phi) is 2.82. The number of thioether (sulfide) groups is 1. The first-order valence-electron chi connectivity index (χ1n) is 5.55. The SMILES string of the molecule is Clc1ccn2c(C3CCCSC3)ncc2c1. The number of pyridine rings is 1. The van der Waals surface area contributed by atoms with Crippen molar-refractivity contribution < 1.29 is 0 Å². The Morgan fingerprint density at radius 1 is 1.50 bits per heavy atom. The molecule has 0 bridgehead atoms. The molecule has 1 aliphatic rings. The third-order valence-corrected chi connectivity index (χ3v) is 4.50. The summed E-state index contributed by atoms with van der Waals surface area (Å²) in [5, 5.41) is 0.775. The molecule has 84 valence electrons. The van der Waals surface area contributed by atoms with E-state index < -0.39 is 0 Å². The van der Waals surface area contributed by atoms with Crippen LogP contribution in [-0.4, -0.2) is 20.9 Å². The Labute approximate surface area is 104 Å². The fourth-order valence-corrected chi connectivity index (χ4v) is 3.55. The third-order valence-electron chi connectivity index (χ3n) is 3.05. The first-order chi connectivity index (χ1) is 7.84. The lowest BCUT2D eigenvalue weighted by Gasteiger charge is -2.20. The minimum atomic E-state index is 0.599. The lowest BCUT2D eigenvalue weighted by atomic mass is 10.1. The van der Waals surface area contributed by atoms with Gasteiger partial charge in [0.2, 0.25) is 0 Å². The maximum absolute atomic E-state index is 5.97. The van der Waals surface area contributed by atoms with Gasteiger partial charge >= 0.3 is 0 Å². The molecule has 1 atom stereocenters. The van der Waals surface area contributed by atoms with E-state index in [0.29, 0.717) is 5.92 Å². The molecule has 4 heteroatoms. The van der Waals surface area contributed by atoms with Crippen LogP contribution in [0.2, 0.25) is 5.02 Å². The largest absolute Gasteiger partial charge is 0.303 e. The zero-order chi connectivity index (χ0) is 11.0. The Balaban J connectivity index is 2.03. The number of halogens is 1. The van der Waals surface area contributed by atoms with Crippen molar-refractivity contribution in [3.05, 3.63) is 35.4 Å². The van der Waals surface area contributed by atoms with Crippen LogP contribution in [0.15, 0.2) is 24.5 Å². The summed E-state index contributed by atoms with van der Waals surface area (Å²) in [5.74, 6) is 4.29. The zero-order valence-corrected chi connectivity index (χ0v) is 10.5. The quantitative estimate of drug-likeness (QED) is 0.772. The summed E-state index contributed by atoms with van der Waals surface area (Å²) < 4.78 is 2.17. The molecule has 3 heterocycles. The van der Waals surface area contributed by atoms with Crippen molar-refractivity contribution in [2.45, 2.75) is 18.8 Å². The smallest absolute Gasteiger partial charge is 0.117 e. The molecule has 1 unspecified atom stereocenters. The van der Waals surface area contributed by atoms with Gasteiger partial charge in [0, 0.05) is 22.9 Å². The van der Waals surface area contributed by atoms with E-state index in [1.807, 2.05) is 36.3 Å². The Morgan fingerprint density at radius 3 is 3.25 bits per heavy atom. The predicted molar refractivity (Wildman–Crippen MR) is 69.5 cm³/mol. The van der Waals surface area contributed by atoms with Gasteiger partial charge in [0.05, 0.1) is 11.7 Å². The second kappa shape index (κ2) is 4.30. The van der Waals surface area contributed by atoms with Crippen LogP contribution in [0, 0.1) is 0 Å². The fourth-order valence-electron chi connectivity index (χ4n) is 2.24. The summed E-state index contributed by atoms with van der Waals surface area (Å²) in [4.78, 5) is 4.55. The molecular weight excluding hydrogens is 240 g/mol. The normalized spacial score (nSPS) is 21.4. The number of aromatic nitrogens is 2. The number of hydrogen-bond acceptors (Lipinski definition) is 2. The zero-order valence-electron chi connectivity index (χ0n) is 8.90. The van der Waals surface area contributed by atoms with Gasteiger partial charge in [-0.2, -0.15) is 11.8 Å². The monoisotopic (exact) mass is 252 g/mol. The topological polar surface area (TPSA) is 17.3 Å². The number of fused-ring (bicyclic) bond motifs is 1. The predicted octanol–water partition coefficient (Wildman–Crippen LogP) is 3.60. The molecule has 3 rings (SSSR count). The summed E-state index contributed by atoms with van der Waals surface area (Å²) in [5.41, 5.74) is 1.10. The van der Waals surface area contributed by atoms with Gasteiger partial charge in [-0.15, -0.1) is 0 Å². The van der Waals surface area contributed by atoms with Crippen molar-refractivity contribution >= 4 is 28.9 Å². The Bertz CT molecular complexity index is 503. The summed E-state index contributed by atoms with van der Waals surface area (Å²) in [6.07, 6.45) is 6.51. The van der Waals surface area contributed by atoms with Crippen LogP contribution >= 0.6 is 23.4 Å². The van der Waals surface area contributed by atoms with E-state index in [-0.39, 0.29) is 0 Å². The molecule has 0 saturated carbocycles. The molecule has 16 heavy (non-hydrogen) atoms. The van der Waals surface area contributed by atoms with E-state index in [1.165, 1.54) is 30.2 Å². The maximum atomic E-state index is 5.97. The van der Waals surface area contributed by atoms with E-state index in [0.717, 1.165) is 10.5 Å². The molecule has 2 aromatic heterocycles. The highest BCUT2D eigenvalue weighted by atomic mass is 35.5. The van der Waals surface area contributed by atoms with Crippen LogP contribution in [-0.2, 0) is 0 Å². The van der Waals surface area contributed by atoms with Crippen LogP contribution in [0.25, 0.3) is 5.52 Å². The van der Waals surface area contributed by atoms with Crippen LogP contribution in [0.1, 0.15) is 24.6 Å². The van der Waals surface area contributed by atoms with Crippen molar-refractivity contribution in [2.24, 2.45) is 0 Å². The van der Waals surface area contributed by atoms with Gasteiger partial charge in [0.15, 0.2) is 0 Å². The van der Waals surface area contributed by atoms with Gasteiger partial charge in [0.25, 0.3) is 0 Å². The minimum absolute atomic E-state index is 0.599. The molecule has 0 aliphatic carbocycles. The Hall–Kier alpha value is -0.670. The first kappa shape index (κ1) is 10.5. The molecular formula is C12H13ClN2S. The number of hydrogen-bond donors (Lipinski definition) is 0. The van der Waals surface area contributed by atoms with Crippen LogP contribution in [0.3, 0.4) is 0 Å². The molecule has 2 nitrogen and oxygen atoms in total. The van der Waals surface area contributed by atoms with Crippen molar-refractivity contribution in [3.8, 4) is 0 Å². The molecule has 0 spiro atoms. The highest BCUT2D eigenvalue weighted by molar-refractivity contribution is 7.99. The molecule has 0 radical (unpaired) electrons. The molecule has 1 fully saturated rings. The van der Waals surface area contributed by atoms with E-state index >= 15 is 0 Å². The van der Waals surface area contributed by atoms with Crippen molar-refractivity contribution in [1.82, 2.24) is 9.38 Å². The lowest BCUT2D eigenvalue weighted by molar-refractivity contribution is 0.621. The molecule has 0 aromatic carbocycles. The standard InChI is InChI=1S/C12H13ClN2S/c13-10-3-4-15-11(6-10)7-14-12(15)9-2-1-5-16-8-9/h3-4,6-7,9H,1-2,5,8H2. The second-order valence-corrected chi connectivity index (χ2v) is 5.76. The average Bonchev–Trinajstić information content (AvgIpc) is 2.73. The third kappa shape index (κ3) is 1.82. The summed E-state index contributed by atoms with van der Waals surface area (Å²) in [7, 11) is 0. The number of nitrogens with zero attached hydrogens (tertiary/aromatic N) is 2. The molecule has 0 N–H and O–H groups in total. The summed E-state index contributed by atoms with van der Waals surface area (Å²) >= 11 is 8.00. The van der Waals surface area contributed by atoms with Gasteiger partial charge in [-0.3, -0.25) is 0 Å². The highest BCUT2D eigenvalue weighted by Crippen LogP contribution is 2.31. The van der Waals surface area contributed by atoms with E-state index in [4.69, 9.17) is 11.6 Å². The summed E-state index contributed by atoms with van der Waals surface area (Å²) in [6, 6.07) is 3.89. The molecule has 0 amide bonds. The van der Waals surface area contributed by atoms with Crippen LogP contribution in [0.4, 0.5) is 0 Å². The molecule has 1 saturated heterocycles. The van der Waals surface area contributed by atoms with E-state index in [9.17, 15) is 0 Å². The number of imidazole rings is 1. The van der Waals surface area contributed by atoms with Crippen molar-refractivity contribution in [3.63, 3.8) is 0 Å². The van der Waals surface area contributed by atoms with Gasteiger partial charge in [0.1, 0.15) is 5.82 Å². The fraction of sp³-hybridized carbons (Fsp3) is 0.417. The van der Waals surface area contributed by atoms with Gasteiger partial charge in [-0.25, -0.2) is 4.98 Å². The number of rotatable bonds is 1. The summed E-state index contributed by atoms with van der Waals surface area (Å²) in [6.45, 7) is 0. The van der Waals surface area contributed by atoms with Crippen molar-refractivity contribution in [1.29, 1.82) is 0 Å². The van der Waals surface area contributed by atoms with Crippen LogP contribution in [0.5, 0.6) is 0 Å². The minimum Gasteiger partial charge on any atom is -0.303 e. The maximum Gasteiger partial charge on any atom is 0.117 e. The van der Waals surface area contributed by atoms with E-state index in [1.54, 1.807) is 0 Å². The molecule has 1 aliphatic heterocycles. The van der Waals surface area contributed by atoms with Crippen molar-refractivity contribution in [2.75, 3.05) is 11.5 Å². The molecule has 2 aromatic rings. The van der Waals surface area contributed by atoms with E-state index in [2.05, 4.69) is 9.38 Å². The Morgan fingerprint density at radius 2 is 2.44 bits per heavy atom. The average molecular weight is 253 g/mol. The van der Waals surface area contributed by atoms with Gasteiger partial charge < -0.3 is 4.40 Å². The second-order valence-electron chi connectivity index (χ2n) is 4.17. The first-order valence-corrected chi connectivity index (χ1v) is 7.08. The highest BCUT2D eigenvalue weighted by Gasteiger charge is 2.19. The van der Waals surface area contributed by atoms with Gasteiger partial charge in [-0.1, -0.05) is 11.6 Å². The van der Waals surface area contributed by atoms with Gasteiger partial charge in [-0.05, 0) is 30.7 Å². The van der Waals surface area contributed by atoms with Crippen LogP contribution < -0.4 is 0 Å². The lowest BCUT2D eigenvalue weighted by Crippen LogP contribution is -2.11.